The minimum Gasteiger partial charge on any atom is -0.469 e. The number of hydrogen-bond donors (Lipinski definition) is 1. The minimum atomic E-state index is -0.115. The molecule has 1 saturated carbocycles. The summed E-state index contributed by atoms with van der Waals surface area (Å²) in [6.45, 7) is 12.0. The molecule has 2 amide bonds. The van der Waals surface area contributed by atoms with Crippen LogP contribution < -0.4 is 5.32 Å². The predicted molar refractivity (Wildman–Crippen MR) is 99.3 cm³/mol. The third kappa shape index (κ3) is 4.89. The Hall–Kier alpha value is -1.26. The Labute approximate surface area is 152 Å². The van der Waals surface area contributed by atoms with Gasteiger partial charge in [-0.05, 0) is 63.7 Å². The molecule has 0 aromatic carbocycles. The lowest BCUT2D eigenvalue weighted by Crippen LogP contribution is -2.53. The molecule has 5 heteroatoms. The van der Waals surface area contributed by atoms with Gasteiger partial charge in [-0.1, -0.05) is 20.8 Å². The summed E-state index contributed by atoms with van der Waals surface area (Å²) < 4.78 is 4.83. The van der Waals surface area contributed by atoms with Gasteiger partial charge >= 0.3 is 12.0 Å². The summed E-state index contributed by atoms with van der Waals surface area (Å²) in [6, 6.07) is 0.230. The van der Waals surface area contributed by atoms with Crippen LogP contribution in [0.1, 0.15) is 73.1 Å². The van der Waals surface area contributed by atoms with E-state index in [1.165, 1.54) is 7.11 Å². The van der Waals surface area contributed by atoms with Crippen molar-refractivity contribution in [2.24, 2.45) is 17.3 Å². The van der Waals surface area contributed by atoms with E-state index in [0.717, 1.165) is 45.1 Å². The number of ether oxygens (including phenoxy) is 1. The summed E-state index contributed by atoms with van der Waals surface area (Å²) in [5.74, 6) is 0.418. The van der Waals surface area contributed by atoms with Crippen molar-refractivity contribution < 1.29 is 14.3 Å². The number of carbonyl (C=O) groups is 2. The van der Waals surface area contributed by atoms with Crippen molar-refractivity contribution >= 4 is 12.0 Å². The van der Waals surface area contributed by atoms with Crippen molar-refractivity contribution in [1.82, 2.24) is 10.2 Å². The highest BCUT2D eigenvalue weighted by molar-refractivity contribution is 5.76. The zero-order valence-electron chi connectivity index (χ0n) is 16.9. The summed E-state index contributed by atoms with van der Waals surface area (Å²) >= 11 is 0. The quantitative estimate of drug-likeness (QED) is 0.782. The SMILES string of the molecule is COC(=O)C1CCC(NC(=O)N2CCC(CC(C)(C)C)C2(C)C)CC1. The van der Waals surface area contributed by atoms with Gasteiger partial charge in [0.1, 0.15) is 0 Å². The van der Waals surface area contributed by atoms with Crippen molar-refractivity contribution in [2.45, 2.75) is 84.7 Å². The van der Waals surface area contributed by atoms with Crippen LogP contribution in [0.25, 0.3) is 0 Å². The first-order chi connectivity index (χ1) is 11.5. The monoisotopic (exact) mass is 352 g/mol. The molecule has 0 radical (unpaired) electrons. The summed E-state index contributed by atoms with van der Waals surface area (Å²) in [4.78, 5) is 26.5. The summed E-state index contributed by atoms with van der Waals surface area (Å²) in [7, 11) is 1.44. The lowest BCUT2D eigenvalue weighted by Gasteiger charge is -2.39. The fourth-order valence-corrected chi connectivity index (χ4v) is 4.49. The number of methoxy groups -OCH3 is 1. The number of rotatable bonds is 3. The number of carbonyl (C=O) groups excluding carboxylic acids is 2. The normalized spacial score (nSPS) is 29.4. The molecule has 1 aliphatic carbocycles. The number of urea groups is 1. The van der Waals surface area contributed by atoms with Crippen LogP contribution >= 0.6 is 0 Å². The standard InChI is InChI=1S/C20H36N2O3/c1-19(2,3)13-15-11-12-22(20(15,4)5)18(24)21-16-9-7-14(8-10-16)17(23)25-6/h14-16H,7-13H2,1-6H3,(H,21,24). The van der Waals surface area contributed by atoms with E-state index in [9.17, 15) is 9.59 Å². The number of nitrogens with one attached hydrogen (secondary N) is 1. The van der Waals surface area contributed by atoms with Gasteiger partial charge in [0.15, 0.2) is 0 Å². The highest BCUT2D eigenvalue weighted by Crippen LogP contribution is 2.41. The number of hydrogen-bond acceptors (Lipinski definition) is 3. The number of nitrogens with zero attached hydrogens (tertiary/aromatic N) is 1. The van der Waals surface area contributed by atoms with Crippen LogP contribution in [0.3, 0.4) is 0 Å². The molecule has 0 aromatic heterocycles. The van der Waals surface area contributed by atoms with E-state index in [2.05, 4.69) is 39.9 Å². The molecule has 1 aliphatic heterocycles. The Balaban J connectivity index is 1.88. The lowest BCUT2D eigenvalue weighted by atomic mass is 9.76. The van der Waals surface area contributed by atoms with Gasteiger partial charge in [0.25, 0.3) is 0 Å². The third-order valence-electron chi connectivity index (χ3n) is 6.09. The molecule has 2 fully saturated rings. The van der Waals surface area contributed by atoms with Gasteiger partial charge < -0.3 is 15.0 Å². The van der Waals surface area contributed by atoms with Crippen LogP contribution in [0.15, 0.2) is 0 Å². The zero-order chi connectivity index (χ0) is 18.8. The van der Waals surface area contributed by atoms with E-state index in [4.69, 9.17) is 4.74 Å². The van der Waals surface area contributed by atoms with E-state index in [1.807, 2.05) is 4.90 Å². The maximum Gasteiger partial charge on any atom is 0.318 e. The second-order valence-corrected chi connectivity index (χ2v) is 9.58. The molecular weight excluding hydrogens is 316 g/mol. The molecule has 0 aromatic rings. The molecule has 1 saturated heterocycles. The summed E-state index contributed by atoms with van der Waals surface area (Å²) in [5, 5.41) is 3.21. The van der Waals surface area contributed by atoms with Crippen molar-refractivity contribution in [3.8, 4) is 0 Å². The third-order valence-corrected chi connectivity index (χ3v) is 6.09. The molecule has 5 nitrogen and oxygen atoms in total. The topological polar surface area (TPSA) is 58.6 Å². The van der Waals surface area contributed by atoms with Crippen molar-refractivity contribution in [2.75, 3.05) is 13.7 Å². The molecule has 1 N–H and O–H groups in total. The molecule has 1 atom stereocenters. The van der Waals surface area contributed by atoms with Crippen LogP contribution in [0.2, 0.25) is 0 Å². The van der Waals surface area contributed by atoms with E-state index < -0.39 is 0 Å². The summed E-state index contributed by atoms with van der Waals surface area (Å²) in [6.07, 6.45) is 5.51. The largest absolute Gasteiger partial charge is 0.469 e. The first-order valence-corrected chi connectivity index (χ1v) is 9.70. The average Bonchev–Trinajstić information content (AvgIpc) is 2.80. The molecular formula is C20H36N2O3. The fourth-order valence-electron chi connectivity index (χ4n) is 4.49. The maximum atomic E-state index is 12.8. The smallest absolute Gasteiger partial charge is 0.318 e. The molecule has 0 bridgehead atoms. The van der Waals surface area contributed by atoms with Gasteiger partial charge in [0.05, 0.1) is 13.0 Å². The van der Waals surface area contributed by atoms with Crippen LogP contribution in [0.4, 0.5) is 4.79 Å². The first-order valence-electron chi connectivity index (χ1n) is 9.70. The van der Waals surface area contributed by atoms with E-state index >= 15 is 0 Å². The van der Waals surface area contributed by atoms with Crippen molar-refractivity contribution in [3.05, 3.63) is 0 Å². The van der Waals surface area contributed by atoms with Gasteiger partial charge in [-0.15, -0.1) is 0 Å². The van der Waals surface area contributed by atoms with Crippen LogP contribution in [0.5, 0.6) is 0 Å². The molecule has 2 aliphatic rings. The molecule has 2 rings (SSSR count). The highest BCUT2D eigenvalue weighted by Gasteiger charge is 2.45. The van der Waals surface area contributed by atoms with Gasteiger partial charge in [0.2, 0.25) is 0 Å². The van der Waals surface area contributed by atoms with Gasteiger partial charge in [0, 0.05) is 18.1 Å². The second kappa shape index (κ2) is 7.55. The van der Waals surface area contributed by atoms with Crippen LogP contribution in [-0.4, -0.2) is 42.1 Å². The van der Waals surface area contributed by atoms with Crippen LogP contribution in [-0.2, 0) is 9.53 Å². The van der Waals surface area contributed by atoms with Gasteiger partial charge in [-0.25, -0.2) is 4.79 Å². The second-order valence-electron chi connectivity index (χ2n) is 9.58. The first kappa shape index (κ1) is 20.1. The van der Waals surface area contributed by atoms with Crippen molar-refractivity contribution in [3.63, 3.8) is 0 Å². The minimum absolute atomic E-state index is 0.00227. The Kier molecular flexibility index (Phi) is 6.05. The maximum absolute atomic E-state index is 12.8. The predicted octanol–water partition coefficient (Wildman–Crippen LogP) is 3.96. The average molecular weight is 353 g/mol. The zero-order valence-corrected chi connectivity index (χ0v) is 16.9. The van der Waals surface area contributed by atoms with E-state index in [1.54, 1.807) is 0 Å². The van der Waals surface area contributed by atoms with E-state index in [0.29, 0.717) is 5.92 Å². The Morgan fingerprint density at radius 3 is 2.24 bits per heavy atom. The Morgan fingerprint density at radius 2 is 1.72 bits per heavy atom. The molecule has 1 heterocycles. The molecule has 0 spiro atoms. The number of amides is 2. The Morgan fingerprint density at radius 1 is 1.12 bits per heavy atom. The number of likely N-dealkylation sites (tertiary alicyclic amines) is 1. The lowest BCUT2D eigenvalue weighted by molar-refractivity contribution is -0.146. The van der Waals surface area contributed by atoms with Gasteiger partial charge in [-0.3, -0.25) is 4.79 Å². The van der Waals surface area contributed by atoms with E-state index in [-0.39, 0.29) is 34.9 Å². The number of esters is 1. The van der Waals surface area contributed by atoms with Gasteiger partial charge in [-0.2, -0.15) is 0 Å². The van der Waals surface area contributed by atoms with Crippen LogP contribution in [0, 0.1) is 17.3 Å². The summed E-state index contributed by atoms with van der Waals surface area (Å²) in [5.41, 5.74) is 0.168. The molecule has 144 valence electrons. The highest BCUT2D eigenvalue weighted by atomic mass is 16.5. The van der Waals surface area contributed by atoms with Crippen molar-refractivity contribution in [1.29, 1.82) is 0 Å². The molecule has 25 heavy (non-hydrogen) atoms. The Bertz CT molecular complexity index is 488. The molecule has 1 unspecified atom stereocenters. The fraction of sp³-hybridized carbons (Fsp3) is 0.900.